The Hall–Kier alpha value is -2.36. The summed E-state index contributed by atoms with van der Waals surface area (Å²) in [6.45, 7) is 10.6. The van der Waals surface area contributed by atoms with Crippen LogP contribution in [-0.2, 0) is 21.4 Å². The molecule has 37 heavy (non-hydrogen) atoms. The van der Waals surface area contributed by atoms with Gasteiger partial charge in [-0.2, -0.15) is 4.31 Å². The summed E-state index contributed by atoms with van der Waals surface area (Å²) in [5.74, 6) is 0.508. The average molecular weight is 531 g/mol. The summed E-state index contributed by atoms with van der Waals surface area (Å²) in [6, 6.07) is 7.94. The largest absolute Gasteiger partial charge is 0.497 e. The van der Waals surface area contributed by atoms with Crippen molar-refractivity contribution >= 4 is 15.9 Å². The Kier molecular flexibility index (Phi) is 8.66. The van der Waals surface area contributed by atoms with E-state index in [4.69, 9.17) is 4.74 Å². The monoisotopic (exact) mass is 530 g/mol. The van der Waals surface area contributed by atoms with E-state index >= 15 is 0 Å². The maximum Gasteiger partial charge on any atom is 0.244 e. The average Bonchev–Trinajstić information content (AvgIpc) is 3.32. The van der Waals surface area contributed by atoms with Crippen LogP contribution in [0.3, 0.4) is 0 Å². The summed E-state index contributed by atoms with van der Waals surface area (Å²) >= 11 is 0. The number of ether oxygens (including phenoxy) is 1. The number of hydrogen-bond acceptors (Lipinski definition) is 5. The molecule has 1 aromatic carbocycles. The Labute approximate surface area is 222 Å². The smallest absolute Gasteiger partial charge is 0.244 e. The second kappa shape index (κ2) is 11.6. The van der Waals surface area contributed by atoms with Crippen molar-refractivity contribution in [3.63, 3.8) is 0 Å². The molecule has 1 N–H and O–H groups in total. The van der Waals surface area contributed by atoms with Gasteiger partial charge in [-0.1, -0.05) is 6.42 Å². The highest BCUT2D eigenvalue weighted by molar-refractivity contribution is 7.89. The molecule has 0 spiro atoms. The van der Waals surface area contributed by atoms with E-state index in [1.807, 2.05) is 18.3 Å². The van der Waals surface area contributed by atoms with Crippen LogP contribution in [0.1, 0.15) is 68.8 Å². The number of piperidine rings is 1. The molecule has 0 aliphatic carbocycles. The summed E-state index contributed by atoms with van der Waals surface area (Å²) < 4.78 is 36.9. The van der Waals surface area contributed by atoms with Gasteiger partial charge in [-0.25, -0.2) is 8.42 Å². The van der Waals surface area contributed by atoms with E-state index in [0.717, 1.165) is 18.7 Å². The minimum atomic E-state index is -3.84. The molecule has 204 valence electrons. The topological polar surface area (TPSA) is 83.9 Å². The van der Waals surface area contributed by atoms with Gasteiger partial charge < -0.3 is 14.6 Å². The number of rotatable bonds is 9. The standard InChI is InChI=1S/C28H42N4O4S/c1-20-17-24(36-5)18-21(2)28(20)37(34,35)32-16-15-30-13-7-11-25(30)26(32)19-27(33)29-12-8-14-31-22(3)9-6-10-23(31)4/h7,11,13,17-18,22-23,26H,6,8-10,12,14-16,19H2,1-5H3,(H,29,33). The lowest BCUT2D eigenvalue weighted by Gasteiger charge is -2.39. The molecule has 3 atom stereocenters. The minimum Gasteiger partial charge on any atom is -0.497 e. The Morgan fingerprint density at radius 3 is 2.43 bits per heavy atom. The first-order chi connectivity index (χ1) is 17.6. The molecule has 8 nitrogen and oxygen atoms in total. The van der Waals surface area contributed by atoms with Crippen LogP contribution in [0.2, 0.25) is 0 Å². The first kappa shape index (κ1) is 27.7. The highest BCUT2D eigenvalue weighted by atomic mass is 32.2. The fraction of sp³-hybridized carbons (Fsp3) is 0.607. The van der Waals surface area contributed by atoms with Crippen LogP contribution in [0.25, 0.3) is 0 Å². The van der Waals surface area contributed by atoms with Crippen molar-refractivity contribution in [2.45, 2.75) is 89.4 Å². The van der Waals surface area contributed by atoms with E-state index in [1.54, 1.807) is 33.1 Å². The maximum absolute atomic E-state index is 14.0. The maximum atomic E-state index is 14.0. The Bertz CT molecular complexity index is 1180. The Morgan fingerprint density at radius 2 is 1.78 bits per heavy atom. The van der Waals surface area contributed by atoms with Crippen LogP contribution in [0.15, 0.2) is 35.4 Å². The van der Waals surface area contributed by atoms with E-state index in [9.17, 15) is 13.2 Å². The van der Waals surface area contributed by atoms with Crippen LogP contribution in [-0.4, -0.2) is 66.9 Å². The van der Waals surface area contributed by atoms with Crippen LogP contribution in [0, 0.1) is 13.8 Å². The molecule has 0 saturated carbocycles. The third-order valence-corrected chi connectivity index (χ3v) is 10.2. The van der Waals surface area contributed by atoms with Gasteiger partial charge in [0.2, 0.25) is 15.9 Å². The van der Waals surface area contributed by atoms with Crippen molar-refractivity contribution in [2.24, 2.45) is 0 Å². The zero-order valence-corrected chi connectivity index (χ0v) is 23.7. The minimum absolute atomic E-state index is 0.0913. The Balaban J connectivity index is 1.47. The summed E-state index contributed by atoms with van der Waals surface area (Å²) in [5, 5.41) is 3.06. The molecule has 3 unspecified atom stereocenters. The molecular weight excluding hydrogens is 488 g/mol. The first-order valence-corrected chi connectivity index (χ1v) is 14.9. The van der Waals surface area contributed by atoms with Gasteiger partial charge in [0.05, 0.1) is 18.0 Å². The molecular formula is C28H42N4O4S. The third kappa shape index (κ3) is 5.89. The number of sulfonamides is 1. The molecule has 2 aliphatic heterocycles. The zero-order valence-electron chi connectivity index (χ0n) is 22.9. The number of fused-ring (bicyclic) bond motifs is 1. The molecule has 9 heteroatoms. The number of aryl methyl sites for hydroxylation is 2. The SMILES string of the molecule is COc1cc(C)c(S(=O)(=O)N2CCn3cccc3C2CC(=O)NCCCN2C(C)CCCC2C)c(C)c1. The van der Waals surface area contributed by atoms with Gasteiger partial charge in [0.1, 0.15) is 5.75 Å². The lowest BCUT2D eigenvalue weighted by atomic mass is 9.97. The number of methoxy groups -OCH3 is 1. The van der Waals surface area contributed by atoms with E-state index in [1.165, 1.54) is 23.6 Å². The van der Waals surface area contributed by atoms with Crippen molar-refractivity contribution in [2.75, 3.05) is 26.7 Å². The molecule has 4 rings (SSSR count). The number of nitrogens with one attached hydrogen (secondary N) is 1. The van der Waals surface area contributed by atoms with Gasteiger partial charge >= 0.3 is 0 Å². The Morgan fingerprint density at radius 1 is 1.11 bits per heavy atom. The lowest BCUT2D eigenvalue weighted by molar-refractivity contribution is -0.122. The summed E-state index contributed by atoms with van der Waals surface area (Å²) in [4.78, 5) is 15.9. The summed E-state index contributed by atoms with van der Waals surface area (Å²) in [7, 11) is -2.27. The molecule has 1 saturated heterocycles. The van der Waals surface area contributed by atoms with Crippen molar-refractivity contribution in [3.05, 3.63) is 47.3 Å². The van der Waals surface area contributed by atoms with Gasteiger partial charge in [-0.3, -0.25) is 9.69 Å². The van der Waals surface area contributed by atoms with Crippen LogP contribution >= 0.6 is 0 Å². The van der Waals surface area contributed by atoms with Crippen molar-refractivity contribution < 1.29 is 17.9 Å². The van der Waals surface area contributed by atoms with E-state index in [0.29, 0.717) is 53.5 Å². The normalized spacial score (nSPS) is 23.0. The predicted octanol–water partition coefficient (Wildman–Crippen LogP) is 4.02. The number of carbonyl (C=O) groups is 1. The van der Waals surface area contributed by atoms with Gasteiger partial charge in [0.25, 0.3) is 0 Å². The second-order valence-corrected chi connectivity index (χ2v) is 12.5. The van der Waals surface area contributed by atoms with Gasteiger partial charge in [0, 0.05) is 56.6 Å². The number of nitrogens with zero attached hydrogens (tertiary/aromatic N) is 3. The summed E-state index contributed by atoms with van der Waals surface area (Å²) in [6.07, 6.45) is 6.68. The number of carbonyl (C=O) groups excluding carboxylic acids is 1. The number of likely N-dealkylation sites (tertiary alicyclic amines) is 1. The molecule has 0 bridgehead atoms. The first-order valence-electron chi connectivity index (χ1n) is 13.5. The second-order valence-electron chi connectivity index (χ2n) is 10.6. The van der Waals surface area contributed by atoms with Gasteiger partial charge in [0.15, 0.2) is 0 Å². The fourth-order valence-corrected chi connectivity index (χ4v) is 8.15. The number of hydrogen-bond donors (Lipinski definition) is 1. The van der Waals surface area contributed by atoms with E-state index in [2.05, 4.69) is 28.6 Å². The van der Waals surface area contributed by atoms with Gasteiger partial charge in [-0.15, -0.1) is 0 Å². The zero-order chi connectivity index (χ0) is 26.7. The molecule has 0 radical (unpaired) electrons. The number of benzene rings is 1. The van der Waals surface area contributed by atoms with Gasteiger partial charge in [-0.05, 0) is 82.3 Å². The van der Waals surface area contributed by atoms with Crippen LogP contribution in [0.4, 0.5) is 0 Å². The number of amides is 1. The fourth-order valence-electron chi connectivity index (χ4n) is 6.14. The van der Waals surface area contributed by atoms with Crippen LogP contribution < -0.4 is 10.1 Å². The molecule has 2 aliphatic rings. The molecule has 1 aromatic heterocycles. The van der Waals surface area contributed by atoms with E-state index in [-0.39, 0.29) is 12.3 Å². The van der Waals surface area contributed by atoms with Crippen molar-refractivity contribution in [3.8, 4) is 5.75 Å². The van der Waals surface area contributed by atoms with Crippen molar-refractivity contribution in [1.29, 1.82) is 0 Å². The molecule has 1 amide bonds. The molecule has 2 aromatic rings. The van der Waals surface area contributed by atoms with E-state index < -0.39 is 16.1 Å². The predicted molar refractivity (Wildman–Crippen MR) is 145 cm³/mol. The quantitative estimate of drug-likeness (QED) is 0.495. The molecule has 3 heterocycles. The third-order valence-electron chi connectivity index (χ3n) is 8.02. The highest BCUT2D eigenvalue weighted by Gasteiger charge is 2.39. The van der Waals surface area contributed by atoms with Crippen LogP contribution in [0.5, 0.6) is 5.75 Å². The lowest BCUT2D eigenvalue weighted by Crippen LogP contribution is -2.45. The van der Waals surface area contributed by atoms with Crippen molar-refractivity contribution in [1.82, 2.24) is 19.1 Å². The summed E-state index contributed by atoms with van der Waals surface area (Å²) in [5.41, 5.74) is 2.13. The number of aromatic nitrogens is 1. The highest BCUT2D eigenvalue weighted by Crippen LogP contribution is 2.36. The molecule has 1 fully saturated rings.